The van der Waals surface area contributed by atoms with Gasteiger partial charge in [0.2, 0.25) is 0 Å². The molecule has 0 aliphatic carbocycles. The third kappa shape index (κ3) is 4.85. The maximum Gasteiger partial charge on any atom is 0.255 e. The maximum absolute atomic E-state index is 12.6. The molecule has 2 N–H and O–H groups in total. The van der Waals surface area contributed by atoms with Crippen LogP contribution in [0.2, 0.25) is 0 Å². The normalized spacial score (nSPS) is 10.5. The van der Waals surface area contributed by atoms with Gasteiger partial charge in [0.15, 0.2) is 0 Å². The van der Waals surface area contributed by atoms with E-state index < -0.39 is 0 Å². The first-order valence-corrected chi connectivity index (χ1v) is 8.88. The number of aromatic nitrogens is 1. The lowest BCUT2D eigenvalue weighted by Gasteiger charge is -2.15. The van der Waals surface area contributed by atoms with Gasteiger partial charge >= 0.3 is 0 Å². The molecular weight excluding hydrogens is 338 g/mol. The van der Waals surface area contributed by atoms with Crippen molar-refractivity contribution in [2.24, 2.45) is 0 Å². The number of aryl methyl sites for hydroxylation is 1. The molecule has 0 atom stereocenters. The molecule has 0 aliphatic heterocycles. The highest BCUT2D eigenvalue weighted by atomic mass is 16.5. The second kappa shape index (κ2) is 8.36. The van der Waals surface area contributed by atoms with E-state index in [4.69, 9.17) is 4.74 Å². The molecule has 3 aromatic rings. The molecule has 0 unspecified atom stereocenters. The number of nitrogens with one attached hydrogen (secondary N) is 2. The van der Waals surface area contributed by atoms with Crippen molar-refractivity contribution in [2.45, 2.75) is 26.9 Å². The fourth-order valence-electron chi connectivity index (χ4n) is 2.61. The van der Waals surface area contributed by atoms with Crippen LogP contribution in [0.1, 0.15) is 29.8 Å². The Kier molecular flexibility index (Phi) is 5.71. The first-order chi connectivity index (χ1) is 13.0. The Hall–Kier alpha value is -3.34. The number of hydrogen-bond acceptors (Lipinski definition) is 4. The number of rotatable bonds is 6. The lowest BCUT2D eigenvalue weighted by Crippen LogP contribution is -2.13. The van der Waals surface area contributed by atoms with Gasteiger partial charge in [-0.25, -0.2) is 4.98 Å². The standard InChI is InChI=1S/C22H23N3O2/c1-15(2)27-20-11-7-6-10-19(20)24-21-14-17(12-13-23-21)22(26)25-18-9-5-4-8-16(18)3/h4-15H,1-3H3,(H,23,24)(H,25,26). The fraction of sp³-hybridized carbons (Fsp3) is 0.182. The van der Waals surface area contributed by atoms with Crippen molar-refractivity contribution in [2.75, 3.05) is 10.6 Å². The molecule has 27 heavy (non-hydrogen) atoms. The number of hydrogen-bond donors (Lipinski definition) is 2. The van der Waals surface area contributed by atoms with E-state index in [0.717, 1.165) is 22.7 Å². The number of ether oxygens (including phenoxy) is 1. The van der Waals surface area contributed by atoms with E-state index in [9.17, 15) is 4.79 Å². The number of nitrogens with zero attached hydrogens (tertiary/aromatic N) is 1. The van der Waals surface area contributed by atoms with Gasteiger partial charge in [-0.1, -0.05) is 30.3 Å². The Morgan fingerprint density at radius 2 is 1.70 bits per heavy atom. The summed E-state index contributed by atoms with van der Waals surface area (Å²) < 4.78 is 5.82. The number of para-hydroxylation sites is 3. The summed E-state index contributed by atoms with van der Waals surface area (Å²) in [6.45, 7) is 5.91. The van der Waals surface area contributed by atoms with Gasteiger partial charge in [0.1, 0.15) is 11.6 Å². The van der Waals surface area contributed by atoms with E-state index >= 15 is 0 Å². The highest BCUT2D eigenvalue weighted by Gasteiger charge is 2.10. The van der Waals surface area contributed by atoms with Crippen molar-refractivity contribution in [3.05, 3.63) is 78.0 Å². The minimum absolute atomic E-state index is 0.0622. The number of benzene rings is 2. The molecule has 1 amide bonds. The number of carbonyl (C=O) groups is 1. The second-order valence-electron chi connectivity index (χ2n) is 6.49. The van der Waals surface area contributed by atoms with Crippen molar-refractivity contribution in [3.63, 3.8) is 0 Å². The van der Waals surface area contributed by atoms with Crippen LogP contribution in [0, 0.1) is 6.92 Å². The van der Waals surface area contributed by atoms with Crippen molar-refractivity contribution in [1.82, 2.24) is 4.98 Å². The summed E-state index contributed by atoms with van der Waals surface area (Å²) in [5.74, 6) is 1.14. The first kappa shape index (κ1) is 18.5. The zero-order valence-corrected chi connectivity index (χ0v) is 15.7. The van der Waals surface area contributed by atoms with Crippen LogP contribution >= 0.6 is 0 Å². The number of amides is 1. The van der Waals surface area contributed by atoms with E-state index in [1.807, 2.05) is 69.3 Å². The van der Waals surface area contributed by atoms with Crippen molar-refractivity contribution >= 4 is 23.1 Å². The Morgan fingerprint density at radius 1 is 1.00 bits per heavy atom. The van der Waals surface area contributed by atoms with Crippen molar-refractivity contribution in [3.8, 4) is 5.75 Å². The molecule has 138 valence electrons. The van der Waals surface area contributed by atoms with Crippen LogP contribution in [-0.2, 0) is 0 Å². The number of pyridine rings is 1. The van der Waals surface area contributed by atoms with Crippen molar-refractivity contribution < 1.29 is 9.53 Å². The van der Waals surface area contributed by atoms with E-state index in [2.05, 4.69) is 15.6 Å². The second-order valence-corrected chi connectivity index (χ2v) is 6.49. The molecule has 2 aromatic carbocycles. The van der Waals surface area contributed by atoms with Gasteiger partial charge in [0.05, 0.1) is 11.8 Å². The van der Waals surface area contributed by atoms with E-state index in [1.165, 1.54) is 0 Å². The third-order valence-electron chi connectivity index (χ3n) is 3.93. The van der Waals surface area contributed by atoms with Crippen LogP contribution in [0.15, 0.2) is 66.9 Å². The molecule has 0 saturated heterocycles. The molecule has 0 saturated carbocycles. The molecule has 1 heterocycles. The monoisotopic (exact) mass is 361 g/mol. The topological polar surface area (TPSA) is 63.2 Å². The Labute approximate surface area is 159 Å². The highest BCUT2D eigenvalue weighted by Crippen LogP contribution is 2.28. The minimum atomic E-state index is -0.179. The maximum atomic E-state index is 12.6. The molecule has 0 radical (unpaired) electrons. The third-order valence-corrected chi connectivity index (χ3v) is 3.93. The SMILES string of the molecule is Cc1ccccc1NC(=O)c1ccnc(Nc2ccccc2OC(C)C)c1. The number of carbonyl (C=O) groups excluding carboxylic acids is 1. The largest absolute Gasteiger partial charge is 0.489 e. The molecule has 1 aromatic heterocycles. The minimum Gasteiger partial charge on any atom is -0.489 e. The fourth-order valence-corrected chi connectivity index (χ4v) is 2.61. The summed E-state index contributed by atoms with van der Waals surface area (Å²) >= 11 is 0. The van der Waals surface area contributed by atoms with Gasteiger partial charge in [0, 0.05) is 17.4 Å². The highest BCUT2D eigenvalue weighted by molar-refractivity contribution is 6.05. The molecule has 0 aliphatic rings. The van der Waals surface area contributed by atoms with Crippen LogP contribution in [0.5, 0.6) is 5.75 Å². The lowest BCUT2D eigenvalue weighted by atomic mass is 10.2. The Morgan fingerprint density at radius 3 is 2.44 bits per heavy atom. The smallest absolute Gasteiger partial charge is 0.255 e. The Balaban J connectivity index is 1.78. The van der Waals surface area contributed by atoms with Gasteiger partial charge in [-0.15, -0.1) is 0 Å². The van der Waals surface area contributed by atoms with Crippen LogP contribution in [-0.4, -0.2) is 17.0 Å². The zero-order valence-electron chi connectivity index (χ0n) is 15.7. The summed E-state index contributed by atoms with van der Waals surface area (Å²) in [5, 5.41) is 6.17. The molecule has 5 heteroatoms. The summed E-state index contributed by atoms with van der Waals surface area (Å²) in [6, 6.07) is 18.7. The predicted octanol–water partition coefficient (Wildman–Crippen LogP) is 5.17. The Bertz CT molecular complexity index is 938. The van der Waals surface area contributed by atoms with Gasteiger partial charge in [-0.05, 0) is 56.7 Å². The average Bonchev–Trinajstić information content (AvgIpc) is 2.65. The van der Waals surface area contributed by atoms with Gasteiger partial charge in [0.25, 0.3) is 5.91 Å². The summed E-state index contributed by atoms with van der Waals surface area (Å²) in [7, 11) is 0. The quantitative estimate of drug-likeness (QED) is 0.635. The van der Waals surface area contributed by atoms with Crippen LogP contribution < -0.4 is 15.4 Å². The van der Waals surface area contributed by atoms with Gasteiger partial charge in [-0.3, -0.25) is 4.79 Å². The predicted molar refractivity (Wildman–Crippen MR) is 109 cm³/mol. The zero-order chi connectivity index (χ0) is 19.2. The average molecular weight is 361 g/mol. The van der Waals surface area contributed by atoms with E-state index in [-0.39, 0.29) is 12.0 Å². The van der Waals surface area contributed by atoms with Crippen LogP contribution in [0.4, 0.5) is 17.2 Å². The van der Waals surface area contributed by atoms with Crippen LogP contribution in [0.25, 0.3) is 0 Å². The van der Waals surface area contributed by atoms with Crippen LogP contribution in [0.3, 0.4) is 0 Å². The lowest BCUT2D eigenvalue weighted by molar-refractivity contribution is 0.102. The molecule has 0 bridgehead atoms. The summed E-state index contributed by atoms with van der Waals surface area (Å²) in [4.78, 5) is 16.9. The first-order valence-electron chi connectivity index (χ1n) is 8.88. The molecule has 3 rings (SSSR count). The van der Waals surface area contributed by atoms with Gasteiger partial charge in [-0.2, -0.15) is 0 Å². The van der Waals surface area contributed by atoms with Crippen molar-refractivity contribution in [1.29, 1.82) is 0 Å². The molecule has 0 spiro atoms. The summed E-state index contributed by atoms with van der Waals surface area (Å²) in [6.07, 6.45) is 1.67. The molecule has 0 fully saturated rings. The van der Waals surface area contributed by atoms with E-state index in [0.29, 0.717) is 11.4 Å². The molecule has 5 nitrogen and oxygen atoms in total. The van der Waals surface area contributed by atoms with E-state index in [1.54, 1.807) is 18.3 Å². The number of anilines is 3. The summed E-state index contributed by atoms with van der Waals surface area (Å²) in [5.41, 5.74) is 3.13. The molecular formula is C22H23N3O2. The van der Waals surface area contributed by atoms with Gasteiger partial charge < -0.3 is 15.4 Å².